The number of carboxylic acids is 1. The summed E-state index contributed by atoms with van der Waals surface area (Å²) in [5.74, 6) is -1.45. The van der Waals surface area contributed by atoms with Gasteiger partial charge in [0.05, 0.1) is 6.10 Å². The average Bonchev–Trinajstić information content (AvgIpc) is 3.03. The zero-order chi connectivity index (χ0) is 14.3. The third kappa shape index (κ3) is 1.94. The van der Waals surface area contributed by atoms with Crippen molar-refractivity contribution < 1.29 is 19.8 Å². The molecule has 20 heavy (non-hydrogen) atoms. The maximum absolute atomic E-state index is 12.6. The van der Waals surface area contributed by atoms with Gasteiger partial charge in [-0.3, -0.25) is 4.79 Å². The van der Waals surface area contributed by atoms with Crippen LogP contribution < -0.4 is 0 Å². The highest BCUT2D eigenvalue weighted by atomic mass is 16.4. The van der Waals surface area contributed by atoms with Gasteiger partial charge in [0.2, 0.25) is 0 Å². The van der Waals surface area contributed by atoms with Crippen LogP contribution in [0.1, 0.15) is 16.8 Å². The molecule has 0 bridgehead atoms. The maximum atomic E-state index is 12.6. The second kappa shape index (κ2) is 4.64. The normalized spacial score (nSPS) is 22.4. The summed E-state index contributed by atoms with van der Waals surface area (Å²) in [5, 5.41) is 19.5. The van der Waals surface area contributed by atoms with Crippen LogP contribution in [0, 0.1) is 0 Å². The molecule has 1 aliphatic rings. The van der Waals surface area contributed by atoms with E-state index in [-0.39, 0.29) is 18.9 Å². The summed E-state index contributed by atoms with van der Waals surface area (Å²) in [7, 11) is 0. The Kier molecular flexibility index (Phi) is 2.94. The predicted octanol–water partition coefficient (Wildman–Crippen LogP) is 0.828. The first-order valence-corrected chi connectivity index (χ1v) is 6.36. The smallest absolute Gasteiger partial charge is 0.326 e. The second-order valence-electron chi connectivity index (χ2n) is 4.95. The molecule has 0 aliphatic carbocycles. The van der Waals surface area contributed by atoms with Gasteiger partial charge in [-0.15, -0.1) is 0 Å². The van der Waals surface area contributed by atoms with Crippen LogP contribution in [0.15, 0.2) is 30.5 Å². The standard InChI is InChI=1S/C14H14N2O4/c17-8-6-12(14(19)20)16(7-8)13(18)10-2-1-3-11-9(10)4-5-15-11/h1-5,8,12,15,17H,6-7H2,(H,19,20)/t8?,12-/m0/s1. The lowest BCUT2D eigenvalue weighted by Crippen LogP contribution is -2.40. The highest BCUT2D eigenvalue weighted by Crippen LogP contribution is 2.24. The minimum atomic E-state index is -1.09. The lowest BCUT2D eigenvalue weighted by atomic mass is 10.1. The number of β-amino-alcohol motifs (C(OH)–C–C–N with tert-alkyl or cyclic N) is 1. The quantitative estimate of drug-likeness (QED) is 0.756. The first-order chi connectivity index (χ1) is 9.58. The van der Waals surface area contributed by atoms with Crippen LogP contribution in [-0.2, 0) is 4.79 Å². The molecule has 2 aromatic rings. The Morgan fingerprint density at radius 2 is 2.10 bits per heavy atom. The van der Waals surface area contributed by atoms with Crippen molar-refractivity contribution in [2.45, 2.75) is 18.6 Å². The zero-order valence-corrected chi connectivity index (χ0v) is 10.6. The van der Waals surface area contributed by atoms with Gasteiger partial charge in [0, 0.05) is 35.6 Å². The molecule has 1 saturated heterocycles. The van der Waals surface area contributed by atoms with Crippen molar-refractivity contribution in [3.05, 3.63) is 36.0 Å². The van der Waals surface area contributed by atoms with Gasteiger partial charge in [0.25, 0.3) is 5.91 Å². The van der Waals surface area contributed by atoms with E-state index in [2.05, 4.69) is 4.98 Å². The number of aliphatic hydroxyl groups is 1. The minimum absolute atomic E-state index is 0.0522. The molecule has 0 saturated carbocycles. The molecular formula is C14H14N2O4. The van der Waals surface area contributed by atoms with Crippen molar-refractivity contribution in [3.63, 3.8) is 0 Å². The fraction of sp³-hybridized carbons (Fsp3) is 0.286. The van der Waals surface area contributed by atoms with Crippen molar-refractivity contribution in [2.75, 3.05) is 6.54 Å². The Balaban J connectivity index is 2.00. The number of carboxylic acid groups (broad SMARTS) is 1. The van der Waals surface area contributed by atoms with Crippen LogP contribution in [0.3, 0.4) is 0 Å². The van der Waals surface area contributed by atoms with Crippen LogP contribution in [0.2, 0.25) is 0 Å². The van der Waals surface area contributed by atoms with E-state index in [9.17, 15) is 14.7 Å². The zero-order valence-electron chi connectivity index (χ0n) is 10.6. The summed E-state index contributed by atoms with van der Waals surface area (Å²) in [5.41, 5.74) is 1.27. The van der Waals surface area contributed by atoms with Crippen LogP contribution in [0.25, 0.3) is 10.9 Å². The summed E-state index contributed by atoms with van der Waals surface area (Å²) in [6.45, 7) is 0.0522. The van der Waals surface area contributed by atoms with Gasteiger partial charge in [-0.25, -0.2) is 4.79 Å². The number of hydrogen-bond donors (Lipinski definition) is 3. The third-order valence-corrected chi connectivity index (χ3v) is 3.65. The molecule has 6 heteroatoms. The summed E-state index contributed by atoms with van der Waals surface area (Å²) in [6.07, 6.45) is 1.02. The van der Waals surface area contributed by atoms with Gasteiger partial charge in [-0.05, 0) is 18.2 Å². The number of aliphatic carboxylic acids is 1. The Bertz CT molecular complexity index is 679. The number of fused-ring (bicyclic) bond motifs is 1. The number of H-pyrrole nitrogens is 1. The Morgan fingerprint density at radius 3 is 2.85 bits per heavy atom. The van der Waals surface area contributed by atoms with Gasteiger partial charge < -0.3 is 20.1 Å². The predicted molar refractivity (Wildman–Crippen MR) is 71.4 cm³/mol. The Hall–Kier alpha value is -2.34. The number of aromatic amines is 1. The lowest BCUT2D eigenvalue weighted by Gasteiger charge is -2.21. The molecule has 2 atom stereocenters. The Morgan fingerprint density at radius 1 is 1.30 bits per heavy atom. The Labute approximate surface area is 114 Å². The van der Waals surface area contributed by atoms with Crippen LogP contribution in [0.4, 0.5) is 0 Å². The average molecular weight is 274 g/mol. The summed E-state index contributed by atoms with van der Waals surface area (Å²) < 4.78 is 0. The number of nitrogens with one attached hydrogen (secondary N) is 1. The number of carbonyl (C=O) groups excluding carboxylic acids is 1. The van der Waals surface area contributed by atoms with Crippen molar-refractivity contribution in [1.82, 2.24) is 9.88 Å². The monoisotopic (exact) mass is 274 g/mol. The molecule has 1 aliphatic heterocycles. The molecule has 3 rings (SSSR count). The van der Waals surface area contributed by atoms with E-state index in [1.54, 1.807) is 24.4 Å². The van der Waals surface area contributed by atoms with E-state index in [1.807, 2.05) is 6.07 Å². The van der Waals surface area contributed by atoms with Crippen LogP contribution >= 0.6 is 0 Å². The first-order valence-electron chi connectivity index (χ1n) is 6.36. The number of nitrogens with zero attached hydrogens (tertiary/aromatic N) is 1. The number of hydrogen-bond acceptors (Lipinski definition) is 3. The summed E-state index contributed by atoms with van der Waals surface area (Å²) in [6, 6.07) is 6.08. The van der Waals surface area contributed by atoms with Gasteiger partial charge in [-0.1, -0.05) is 6.07 Å². The number of likely N-dealkylation sites (tertiary alicyclic amines) is 1. The molecular weight excluding hydrogens is 260 g/mol. The van der Waals surface area contributed by atoms with E-state index >= 15 is 0 Å². The van der Waals surface area contributed by atoms with Crippen molar-refractivity contribution in [1.29, 1.82) is 0 Å². The van der Waals surface area contributed by atoms with Crippen molar-refractivity contribution in [3.8, 4) is 0 Å². The van der Waals surface area contributed by atoms with E-state index < -0.39 is 18.1 Å². The molecule has 1 unspecified atom stereocenters. The molecule has 3 N–H and O–H groups in total. The maximum Gasteiger partial charge on any atom is 0.326 e. The summed E-state index contributed by atoms with van der Waals surface area (Å²) in [4.78, 5) is 28.0. The number of rotatable bonds is 2. The first kappa shape index (κ1) is 12.7. The van der Waals surface area contributed by atoms with Crippen molar-refractivity contribution >= 4 is 22.8 Å². The molecule has 0 radical (unpaired) electrons. The topological polar surface area (TPSA) is 93.6 Å². The largest absolute Gasteiger partial charge is 0.480 e. The van der Waals surface area contributed by atoms with E-state index in [0.29, 0.717) is 5.56 Å². The molecule has 2 heterocycles. The van der Waals surface area contributed by atoms with Gasteiger partial charge in [0.1, 0.15) is 6.04 Å². The van der Waals surface area contributed by atoms with E-state index in [0.717, 1.165) is 10.9 Å². The molecule has 1 aromatic heterocycles. The number of aliphatic hydroxyl groups excluding tert-OH is 1. The highest BCUT2D eigenvalue weighted by Gasteiger charge is 2.39. The van der Waals surface area contributed by atoms with E-state index in [4.69, 9.17) is 5.11 Å². The number of aromatic nitrogens is 1. The van der Waals surface area contributed by atoms with Gasteiger partial charge in [0.15, 0.2) is 0 Å². The van der Waals surface area contributed by atoms with Crippen LogP contribution in [0.5, 0.6) is 0 Å². The molecule has 0 spiro atoms. The fourth-order valence-corrected chi connectivity index (χ4v) is 2.70. The highest BCUT2D eigenvalue weighted by molar-refractivity contribution is 6.07. The van der Waals surface area contributed by atoms with Crippen molar-refractivity contribution in [2.24, 2.45) is 0 Å². The molecule has 6 nitrogen and oxygen atoms in total. The summed E-state index contributed by atoms with van der Waals surface area (Å²) >= 11 is 0. The van der Waals surface area contributed by atoms with Gasteiger partial charge in [-0.2, -0.15) is 0 Å². The fourth-order valence-electron chi connectivity index (χ4n) is 2.70. The molecule has 1 aromatic carbocycles. The SMILES string of the molecule is O=C(O)[C@@H]1CC(O)CN1C(=O)c1cccc2[nH]ccc12. The van der Waals surface area contributed by atoms with E-state index in [1.165, 1.54) is 4.90 Å². The van der Waals surface area contributed by atoms with Gasteiger partial charge >= 0.3 is 5.97 Å². The second-order valence-corrected chi connectivity index (χ2v) is 4.95. The van der Waals surface area contributed by atoms with Crippen LogP contribution in [-0.4, -0.2) is 50.7 Å². The molecule has 1 fully saturated rings. The third-order valence-electron chi connectivity index (χ3n) is 3.65. The molecule has 1 amide bonds. The lowest BCUT2D eigenvalue weighted by molar-refractivity contribution is -0.141. The number of benzene rings is 1. The number of amides is 1. The minimum Gasteiger partial charge on any atom is -0.480 e. The number of carbonyl (C=O) groups is 2. The molecule has 104 valence electrons.